The summed E-state index contributed by atoms with van der Waals surface area (Å²) in [6, 6.07) is 5.56. The van der Waals surface area contributed by atoms with Crippen molar-refractivity contribution in [2.75, 3.05) is 37.7 Å². The second kappa shape index (κ2) is 7.77. The van der Waals surface area contributed by atoms with Gasteiger partial charge in [0.25, 0.3) is 0 Å². The lowest BCUT2D eigenvalue weighted by Gasteiger charge is -2.25. The lowest BCUT2D eigenvalue weighted by molar-refractivity contribution is 0.132. The smallest absolute Gasteiger partial charge is 0.407 e. The molecular weight excluding hydrogens is 334 g/mol. The van der Waals surface area contributed by atoms with Crippen LogP contribution in [0.4, 0.5) is 4.79 Å². The Morgan fingerprint density at radius 1 is 1.43 bits per heavy atom. The normalized spacial score (nSPS) is 19.1. The molecule has 0 fully saturated rings. The fourth-order valence-corrected chi connectivity index (χ4v) is 3.67. The van der Waals surface area contributed by atoms with E-state index in [0.717, 1.165) is 29.2 Å². The van der Waals surface area contributed by atoms with Gasteiger partial charge in [-0.05, 0) is 54.7 Å². The molecule has 0 bridgehead atoms. The fraction of sp³-hybridized carbons (Fsp3) is 0.588. The van der Waals surface area contributed by atoms with Crippen molar-refractivity contribution in [2.45, 2.75) is 18.9 Å². The van der Waals surface area contributed by atoms with E-state index in [-0.39, 0.29) is 18.6 Å². The Bertz CT molecular complexity index is 559. The lowest BCUT2D eigenvalue weighted by Crippen LogP contribution is -2.43. The zero-order valence-corrected chi connectivity index (χ0v) is 15.5. The van der Waals surface area contributed by atoms with E-state index in [9.17, 15) is 9.90 Å². The predicted molar refractivity (Wildman–Crippen MR) is 97.9 cm³/mol. The van der Waals surface area contributed by atoms with Crippen LogP contribution in [-0.4, -0.2) is 55.0 Å². The van der Waals surface area contributed by atoms with Crippen LogP contribution in [0.3, 0.4) is 0 Å². The maximum Gasteiger partial charge on any atom is 0.407 e. The van der Waals surface area contributed by atoms with Crippen molar-refractivity contribution in [1.29, 1.82) is 0 Å². The minimum atomic E-state index is -0.680. The molecular formula is C17H26ClNO3S. The number of aliphatic hydroxyl groups excluding tert-OH is 1. The second-order valence-electron chi connectivity index (χ2n) is 6.91. The lowest BCUT2D eigenvalue weighted by atomic mass is 9.97. The molecule has 1 aromatic carbocycles. The van der Waals surface area contributed by atoms with Gasteiger partial charge in [0.15, 0.2) is 0 Å². The van der Waals surface area contributed by atoms with E-state index in [1.165, 1.54) is 5.56 Å². The van der Waals surface area contributed by atoms with E-state index < -0.39 is 16.1 Å². The molecule has 4 nitrogen and oxygen atoms in total. The molecule has 1 aliphatic carbocycles. The Morgan fingerprint density at radius 3 is 2.78 bits per heavy atom. The van der Waals surface area contributed by atoms with Gasteiger partial charge in [-0.3, -0.25) is 0 Å². The minimum Gasteiger partial charge on any atom is -0.449 e. The van der Waals surface area contributed by atoms with Gasteiger partial charge in [-0.2, -0.15) is 0 Å². The number of ether oxygens (including phenoxy) is 1. The highest BCUT2D eigenvalue weighted by Crippen LogP contribution is 2.34. The molecule has 23 heavy (non-hydrogen) atoms. The quantitative estimate of drug-likeness (QED) is 0.821. The summed E-state index contributed by atoms with van der Waals surface area (Å²) in [5.74, 6) is 1.03. The topological polar surface area (TPSA) is 58.6 Å². The van der Waals surface area contributed by atoms with E-state index in [0.29, 0.717) is 6.61 Å². The maximum atomic E-state index is 11.9. The average Bonchev–Trinajstić information content (AvgIpc) is 2.88. The van der Waals surface area contributed by atoms with Crippen molar-refractivity contribution in [3.05, 3.63) is 34.3 Å². The Labute approximate surface area is 144 Å². The third-order valence-corrected chi connectivity index (χ3v) is 5.91. The van der Waals surface area contributed by atoms with Crippen molar-refractivity contribution in [2.24, 2.45) is 5.92 Å². The van der Waals surface area contributed by atoms with Gasteiger partial charge >= 0.3 is 6.09 Å². The number of carbonyl (C=O) groups is 1. The molecule has 2 atom stereocenters. The molecule has 2 unspecified atom stereocenters. The molecule has 0 radical (unpaired) electrons. The molecule has 0 heterocycles. The summed E-state index contributed by atoms with van der Waals surface area (Å²) in [5, 5.41) is 13.2. The SMILES string of the molecule is CS(C)(C)CCOC(=O)NC(CO)C1Cc2cccc(Cl)c2C1. The summed E-state index contributed by atoms with van der Waals surface area (Å²) in [6.45, 7) is 0.315. The Balaban J connectivity index is 1.87. The van der Waals surface area contributed by atoms with Gasteiger partial charge in [-0.25, -0.2) is 14.8 Å². The van der Waals surface area contributed by atoms with Gasteiger partial charge < -0.3 is 15.2 Å². The van der Waals surface area contributed by atoms with Gasteiger partial charge in [-0.1, -0.05) is 23.7 Å². The van der Waals surface area contributed by atoms with Crippen LogP contribution in [0.5, 0.6) is 0 Å². The summed E-state index contributed by atoms with van der Waals surface area (Å²) >= 11 is 6.23. The number of hydrogen-bond donors (Lipinski definition) is 2. The largest absolute Gasteiger partial charge is 0.449 e. The zero-order valence-electron chi connectivity index (χ0n) is 14.0. The van der Waals surface area contributed by atoms with Gasteiger partial charge in [0.1, 0.15) is 6.61 Å². The first-order chi connectivity index (χ1) is 10.8. The highest BCUT2D eigenvalue weighted by atomic mass is 35.5. The first kappa shape index (κ1) is 18.4. The molecule has 2 rings (SSSR count). The van der Waals surface area contributed by atoms with Crippen LogP contribution < -0.4 is 5.32 Å². The summed E-state index contributed by atoms with van der Waals surface area (Å²) in [6.07, 6.45) is 7.69. The molecule has 6 heteroatoms. The monoisotopic (exact) mass is 359 g/mol. The van der Waals surface area contributed by atoms with Crippen molar-refractivity contribution >= 4 is 27.7 Å². The Kier molecular flexibility index (Phi) is 6.23. The highest BCUT2D eigenvalue weighted by Gasteiger charge is 2.30. The maximum absolute atomic E-state index is 11.9. The zero-order chi connectivity index (χ0) is 17.0. The molecule has 0 aliphatic heterocycles. The standard InChI is InChI=1S/C17H26ClNO3S/c1-23(2,3)8-7-22-17(21)19-16(11-20)13-9-12-5-4-6-15(18)14(12)10-13/h4-6,13,16,20H,7-11H2,1-3H3,(H,19,21). The number of alkyl carbamates (subject to hydrolysis) is 1. The van der Waals surface area contributed by atoms with Crippen LogP contribution in [-0.2, 0) is 17.6 Å². The average molecular weight is 360 g/mol. The predicted octanol–water partition coefficient (Wildman–Crippen LogP) is 2.84. The van der Waals surface area contributed by atoms with Gasteiger partial charge in [0, 0.05) is 10.8 Å². The van der Waals surface area contributed by atoms with E-state index >= 15 is 0 Å². The number of benzene rings is 1. The van der Waals surface area contributed by atoms with E-state index in [1.807, 2.05) is 12.1 Å². The van der Waals surface area contributed by atoms with Crippen LogP contribution in [0.1, 0.15) is 11.1 Å². The van der Waals surface area contributed by atoms with Crippen LogP contribution in [0.2, 0.25) is 5.02 Å². The second-order valence-corrected chi connectivity index (χ2v) is 11.9. The van der Waals surface area contributed by atoms with Crippen molar-refractivity contribution < 1.29 is 14.6 Å². The van der Waals surface area contributed by atoms with Crippen LogP contribution in [0.25, 0.3) is 0 Å². The summed E-state index contributed by atoms with van der Waals surface area (Å²) < 4.78 is 5.24. The molecule has 0 saturated carbocycles. The summed E-state index contributed by atoms with van der Waals surface area (Å²) in [7, 11) is -0.680. The third kappa shape index (κ3) is 5.30. The summed E-state index contributed by atoms with van der Waals surface area (Å²) in [5.41, 5.74) is 2.33. The molecule has 0 spiro atoms. The van der Waals surface area contributed by atoms with Crippen molar-refractivity contribution in [3.8, 4) is 0 Å². The summed E-state index contributed by atoms with van der Waals surface area (Å²) in [4.78, 5) is 11.9. The molecule has 130 valence electrons. The number of aliphatic hydroxyl groups is 1. The Morgan fingerprint density at radius 2 is 2.17 bits per heavy atom. The number of hydrogen-bond acceptors (Lipinski definition) is 3. The van der Waals surface area contributed by atoms with Gasteiger partial charge in [0.05, 0.1) is 12.6 Å². The number of carbonyl (C=O) groups excluding carboxylic acids is 1. The number of amides is 1. The first-order valence-corrected chi connectivity index (χ1v) is 11.2. The van der Waals surface area contributed by atoms with Crippen molar-refractivity contribution in [3.63, 3.8) is 0 Å². The molecule has 0 aromatic heterocycles. The van der Waals surface area contributed by atoms with Crippen LogP contribution in [0, 0.1) is 5.92 Å². The fourth-order valence-electron chi connectivity index (χ4n) is 2.81. The van der Waals surface area contributed by atoms with Gasteiger partial charge in [0.2, 0.25) is 0 Å². The van der Waals surface area contributed by atoms with Crippen molar-refractivity contribution in [1.82, 2.24) is 5.32 Å². The molecule has 1 amide bonds. The number of rotatable bonds is 6. The minimum absolute atomic E-state index is 0.101. The van der Waals surface area contributed by atoms with E-state index in [2.05, 4.69) is 30.2 Å². The molecule has 1 aromatic rings. The number of fused-ring (bicyclic) bond motifs is 1. The van der Waals surface area contributed by atoms with Gasteiger partial charge in [-0.15, -0.1) is 0 Å². The third-order valence-electron chi connectivity index (χ3n) is 4.16. The first-order valence-electron chi connectivity index (χ1n) is 7.76. The van der Waals surface area contributed by atoms with E-state index in [4.69, 9.17) is 16.3 Å². The van der Waals surface area contributed by atoms with Crippen LogP contribution in [0.15, 0.2) is 18.2 Å². The highest BCUT2D eigenvalue weighted by molar-refractivity contribution is 8.32. The Hall–Kier alpha value is -0.910. The number of halogens is 1. The van der Waals surface area contributed by atoms with Crippen LogP contribution >= 0.6 is 21.6 Å². The number of nitrogens with one attached hydrogen (secondary N) is 1. The molecule has 1 aliphatic rings. The van der Waals surface area contributed by atoms with E-state index in [1.54, 1.807) is 0 Å². The molecule has 2 N–H and O–H groups in total. The molecule has 0 saturated heterocycles.